The minimum absolute atomic E-state index is 0.121. The molecule has 2 aromatic heterocycles. The number of benzene rings is 2. The van der Waals surface area contributed by atoms with Gasteiger partial charge in [-0.05, 0) is 67.7 Å². The number of aromatic nitrogens is 2. The molecule has 1 N–H and O–H groups in total. The van der Waals surface area contributed by atoms with E-state index in [0.29, 0.717) is 5.11 Å². The average Bonchev–Trinajstić information content (AvgIpc) is 3.57. The summed E-state index contributed by atoms with van der Waals surface area (Å²) in [5, 5.41) is 4.17. The molecule has 0 saturated carbocycles. The molecule has 0 radical (unpaired) electrons. The third-order valence-corrected chi connectivity index (χ3v) is 6.44. The number of nitrogens with one attached hydrogen (secondary N) is 1. The van der Waals surface area contributed by atoms with E-state index in [1.165, 1.54) is 5.56 Å². The quantitative estimate of drug-likeness (QED) is 0.434. The first-order chi connectivity index (χ1) is 16.2. The summed E-state index contributed by atoms with van der Waals surface area (Å²) in [7, 11) is 0. The van der Waals surface area contributed by atoms with Gasteiger partial charge in [0.15, 0.2) is 16.6 Å². The molecule has 2 atom stereocenters. The van der Waals surface area contributed by atoms with Gasteiger partial charge in [0.2, 0.25) is 6.79 Å². The SMILES string of the molecule is Cc1ccc(-n2cccc2[C@@H]2[C@@H](c3ccccn3)NC(=S)N2c2ccc3c(c2)OCO3)cc1. The fourth-order valence-corrected chi connectivity index (χ4v) is 4.89. The Hall–Kier alpha value is -3.84. The second-order valence-electron chi connectivity index (χ2n) is 8.17. The van der Waals surface area contributed by atoms with Gasteiger partial charge in [0.1, 0.15) is 6.04 Å². The number of rotatable bonds is 4. The summed E-state index contributed by atoms with van der Waals surface area (Å²) < 4.78 is 13.4. The van der Waals surface area contributed by atoms with E-state index in [0.717, 1.165) is 34.3 Å². The summed E-state index contributed by atoms with van der Waals surface area (Å²) in [6, 6.07) is 24.4. The largest absolute Gasteiger partial charge is 0.454 e. The monoisotopic (exact) mass is 454 g/mol. The second-order valence-corrected chi connectivity index (χ2v) is 8.56. The molecule has 4 heterocycles. The first-order valence-corrected chi connectivity index (χ1v) is 11.2. The first kappa shape index (κ1) is 19.8. The second kappa shape index (κ2) is 7.94. The fourth-order valence-electron chi connectivity index (χ4n) is 4.54. The molecule has 7 heteroatoms. The van der Waals surface area contributed by atoms with Gasteiger partial charge in [0.05, 0.1) is 11.7 Å². The normalized spacial score (nSPS) is 19.1. The highest BCUT2D eigenvalue weighted by atomic mass is 32.1. The van der Waals surface area contributed by atoms with Crippen molar-refractivity contribution in [2.75, 3.05) is 11.7 Å². The van der Waals surface area contributed by atoms with Gasteiger partial charge in [-0.3, -0.25) is 4.98 Å². The summed E-state index contributed by atoms with van der Waals surface area (Å²) >= 11 is 5.86. The molecule has 6 rings (SSSR count). The van der Waals surface area contributed by atoms with Gasteiger partial charge >= 0.3 is 0 Å². The van der Waals surface area contributed by atoms with E-state index in [-0.39, 0.29) is 18.9 Å². The van der Waals surface area contributed by atoms with Gasteiger partial charge in [-0.1, -0.05) is 23.8 Å². The summed E-state index contributed by atoms with van der Waals surface area (Å²) in [4.78, 5) is 6.80. The number of hydrogen-bond donors (Lipinski definition) is 1. The fraction of sp³-hybridized carbons (Fsp3) is 0.154. The first-order valence-electron chi connectivity index (χ1n) is 10.8. The summed E-state index contributed by atoms with van der Waals surface area (Å²) in [5.74, 6) is 1.47. The van der Waals surface area contributed by atoms with E-state index in [9.17, 15) is 0 Å². The van der Waals surface area contributed by atoms with E-state index in [1.54, 1.807) is 0 Å². The highest BCUT2D eigenvalue weighted by Gasteiger charge is 2.42. The van der Waals surface area contributed by atoms with Crippen LogP contribution >= 0.6 is 12.2 Å². The number of ether oxygens (including phenoxy) is 2. The Morgan fingerprint density at radius 3 is 2.58 bits per heavy atom. The maximum atomic E-state index is 5.86. The number of thiocarbonyl (C=S) groups is 1. The Kier molecular flexibility index (Phi) is 4.77. The number of hydrogen-bond acceptors (Lipinski definition) is 4. The number of nitrogens with zero attached hydrogens (tertiary/aromatic N) is 3. The lowest BCUT2D eigenvalue weighted by atomic mass is 10.0. The van der Waals surface area contributed by atoms with Gasteiger partial charge in [-0.25, -0.2) is 0 Å². The highest BCUT2D eigenvalue weighted by Crippen LogP contribution is 2.44. The molecule has 1 fully saturated rings. The maximum absolute atomic E-state index is 5.86. The minimum Gasteiger partial charge on any atom is -0.454 e. The molecular formula is C26H22N4O2S. The summed E-state index contributed by atoms with van der Waals surface area (Å²) in [6.07, 6.45) is 3.91. The van der Waals surface area contributed by atoms with Crippen molar-refractivity contribution in [2.24, 2.45) is 0 Å². The van der Waals surface area contributed by atoms with Crippen molar-refractivity contribution in [3.05, 3.63) is 102 Å². The maximum Gasteiger partial charge on any atom is 0.231 e. The smallest absolute Gasteiger partial charge is 0.231 e. The Balaban J connectivity index is 1.50. The van der Waals surface area contributed by atoms with Crippen LogP contribution in [-0.4, -0.2) is 21.5 Å². The van der Waals surface area contributed by atoms with Crippen molar-refractivity contribution < 1.29 is 9.47 Å². The zero-order valence-corrected chi connectivity index (χ0v) is 18.8. The molecule has 33 heavy (non-hydrogen) atoms. The van der Waals surface area contributed by atoms with Crippen LogP contribution in [-0.2, 0) is 0 Å². The lowest BCUT2D eigenvalue weighted by Crippen LogP contribution is -2.30. The van der Waals surface area contributed by atoms with Crippen LogP contribution in [0.2, 0.25) is 0 Å². The molecular weight excluding hydrogens is 432 g/mol. The van der Waals surface area contributed by atoms with Crippen LogP contribution in [0.5, 0.6) is 11.5 Å². The van der Waals surface area contributed by atoms with Crippen molar-refractivity contribution in [3.63, 3.8) is 0 Å². The van der Waals surface area contributed by atoms with Gasteiger partial charge in [-0.15, -0.1) is 0 Å². The number of anilines is 1. The summed E-state index contributed by atoms with van der Waals surface area (Å²) in [6.45, 7) is 2.33. The number of pyridine rings is 1. The van der Waals surface area contributed by atoms with Crippen LogP contribution in [0.1, 0.15) is 29.0 Å². The molecule has 1 saturated heterocycles. The van der Waals surface area contributed by atoms with E-state index < -0.39 is 0 Å². The molecule has 0 bridgehead atoms. The molecule has 2 aliphatic rings. The van der Waals surface area contributed by atoms with Crippen molar-refractivity contribution >= 4 is 23.0 Å². The van der Waals surface area contributed by atoms with Gasteiger partial charge in [0, 0.05) is 35.5 Å². The number of fused-ring (bicyclic) bond motifs is 1. The predicted molar refractivity (Wildman–Crippen MR) is 131 cm³/mol. The van der Waals surface area contributed by atoms with Crippen molar-refractivity contribution in [2.45, 2.75) is 19.0 Å². The van der Waals surface area contributed by atoms with Gasteiger partial charge < -0.3 is 24.3 Å². The predicted octanol–water partition coefficient (Wildman–Crippen LogP) is 5.09. The Bertz CT molecular complexity index is 1320. The standard InChI is InChI=1S/C26H22N4O2S/c1-17-7-9-18(10-8-17)29-14-4-6-21(29)25-24(20-5-2-3-13-27-20)28-26(33)30(25)19-11-12-22-23(15-19)32-16-31-22/h2-15,24-25H,16H2,1H3,(H,28,33)/t24-,25-/m1/s1. The van der Waals surface area contributed by atoms with E-state index in [2.05, 4.69) is 69.3 Å². The van der Waals surface area contributed by atoms with Crippen LogP contribution in [0.3, 0.4) is 0 Å². The Labute approximate surface area is 197 Å². The Morgan fingerprint density at radius 1 is 0.939 bits per heavy atom. The average molecular weight is 455 g/mol. The van der Waals surface area contributed by atoms with Crippen LogP contribution < -0.4 is 19.7 Å². The van der Waals surface area contributed by atoms with Crippen LogP contribution in [0.4, 0.5) is 5.69 Å². The van der Waals surface area contributed by atoms with Crippen LogP contribution in [0, 0.1) is 6.92 Å². The van der Waals surface area contributed by atoms with E-state index in [4.69, 9.17) is 21.7 Å². The molecule has 6 nitrogen and oxygen atoms in total. The third-order valence-electron chi connectivity index (χ3n) is 6.13. The molecule has 0 aliphatic carbocycles. The molecule has 0 unspecified atom stereocenters. The van der Waals surface area contributed by atoms with Gasteiger partial charge in [0.25, 0.3) is 0 Å². The van der Waals surface area contributed by atoms with Crippen LogP contribution in [0.25, 0.3) is 5.69 Å². The van der Waals surface area contributed by atoms with Gasteiger partial charge in [-0.2, -0.15) is 0 Å². The van der Waals surface area contributed by atoms with Crippen molar-refractivity contribution in [3.8, 4) is 17.2 Å². The lowest BCUT2D eigenvalue weighted by molar-refractivity contribution is 0.174. The molecule has 0 amide bonds. The van der Waals surface area contributed by atoms with Crippen molar-refractivity contribution in [1.29, 1.82) is 0 Å². The van der Waals surface area contributed by atoms with Crippen molar-refractivity contribution in [1.82, 2.24) is 14.9 Å². The molecule has 2 aliphatic heterocycles. The molecule has 4 aromatic rings. The lowest BCUT2D eigenvalue weighted by Gasteiger charge is -2.29. The number of aryl methyl sites for hydroxylation is 1. The van der Waals surface area contributed by atoms with E-state index >= 15 is 0 Å². The highest BCUT2D eigenvalue weighted by molar-refractivity contribution is 7.80. The zero-order valence-electron chi connectivity index (χ0n) is 18.0. The molecule has 2 aromatic carbocycles. The topological polar surface area (TPSA) is 51.6 Å². The Morgan fingerprint density at radius 2 is 1.76 bits per heavy atom. The zero-order chi connectivity index (χ0) is 22.4. The summed E-state index contributed by atoms with van der Waals surface area (Å²) in [5.41, 5.74) is 5.31. The molecule has 164 valence electrons. The minimum atomic E-state index is -0.122. The van der Waals surface area contributed by atoms with Crippen LogP contribution in [0.15, 0.2) is 85.2 Å². The van der Waals surface area contributed by atoms with E-state index in [1.807, 2.05) is 42.6 Å². The molecule has 0 spiro atoms. The third kappa shape index (κ3) is 3.41.